The summed E-state index contributed by atoms with van der Waals surface area (Å²) < 4.78 is 5.59. The minimum atomic E-state index is -0.893. The van der Waals surface area contributed by atoms with Crippen LogP contribution in [0.4, 0.5) is 0 Å². The van der Waals surface area contributed by atoms with Gasteiger partial charge in [0.25, 0.3) is 0 Å². The van der Waals surface area contributed by atoms with Crippen molar-refractivity contribution in [3.05, 3.63) is 46.2 Å². The van der Waals surface area contributed by atoms with Crippen LogP contribution in [0.25, 0.3) is 0 Å². The predicted molar refractivity (Wildman–Crippen MR) is 73.8 cm³/mol. The maximum Gasteiger partial charge on any atom is 0.345 e. The molecule has 0 bridgehead atoms. The highest BCUT2D eigenvalue weighted by molar-refractivity contribution is 7.98. The summed E-state index contributed by atoms with van der Waals surface area (Å²) in [6.07, 6.45) is 2.02. The molecule has 0 saturated heterocycles. The van der Waals surface area contributed by atoms with Crippen LogP contribution in [0, 0.1) is 0 Å². The average Bonchev–Trinajstić information content (AvgIpc) is 2.86. The van der Waals surface area contributed by atoms with Gasteiger partial charge in [-0.15, -0.1) is 23.1 Å². The zero-order valence-corrected chi connectivity index (χ0v) is 11.4. The van der Waals surface area contributed by atoms with Crippen LogP contribution in [0.3, 0.4) is 0 Å². The van der Waals surface area contributed by atoms with Crippen molar-refractivity contribution in [2.45, 2.75) is 11.5 Å². The van der Waals surface area contributed by atoms with Gasteiger partial charge in [0.15, 0.2) is 0 Å². The number of carboxylic acid groups (broad SMARTS) is 1. The largest absolute Gasteiger partial charge is 0.488 e. The monoisotopic (exact) mass is 280 g/mol. The molecule has 1 aromatic carbocycles. The van der Waals surface area contributed by atoms with E-state index in [0.29, 0.717) is 11.5 Å². The highest BCUT2D eigenvalue weighted by Gasteiger charge is 2.07. The van der Waals surface area contributed by atoms with Crippen LogP contribution < -0.4 is 4.74 Å². The van der Waals surface area contributed by atoms with Gasteiger partial charge in [-0.1, -0.05) is 0 Å². The molecule has 94 valence electrons. The molecule has 5 heteroatoms. The number of hydrogen-bond acceptors (Lipinski definition) is 4. The standard InChI is InChI=1S/C13H12O3S2/c1-17-10-4-2-9(3-5-10)16-8-11-6-7-12(18-11)13(14)15/h2-7H,8H2,1H3,(H,14,15). The highest BCUT2D eigenvalue weighted by atomic mass is 32.2. The third kappa shape index (κ3) is 3.27. The molecule has 1 heterocycles. The molecule has 0 saturated carbocycles. The molecule has 1 N–H and O–H groups in total. The van der Waals surface area contributed by atoms with Crippen molar-refractivity contribution in [3.8, 4) is 5.75 Å². The van der Waals surface area contributed by atoms with Gasteiger partial charge in [0.2, 0.25) is 0 Å². The average molecular weight is 280 g/mol. The van der Waals surface area contributed by atoms with E-state index in [0.717, 1.165) is 10.6 Å². The Morgan fingerprint density at radius 1 is 1.28 bits per heavy atom. The first-order valence-corrected chi connectivity index (χ1v) is 7.32. The van der Waals surface area contributed by atoms with Gasteiger partial charge in [-0.05, 0) is 42.7 Å². The molecule has 0 fully saturated rings. The van der Waals surface area contributed by atoms with E-state index in [1.807, 2.05) is 30.5 Å². The molecular formula is C13H12O3S2. The van der Waals surface area contributed by atoms with Crippen LogP contribution in [0.5, 0.6) is 5.75 Å². The Bertz CT molecular complexity index is 531. The highest BCUT2D eigenvalue weighted by Crippen LogP contribution is 2.22. The first kappa shape index (κ1) is 13.0. The molecule has 0 amide bonds. The van der Waals surface area contributed by atoms with Crippen LogP contribution in [0.1, 0.15) is 14.5 Å². The lowest BCUT2D eigenvalue weighted by atomic mass is 10.3. The second kappa shape index (κ2) is 5.93. The summed E-state index contributed by atoms with van der Waals surface area (Å²) in [4.78, 5) is 13.2. The van der Waals surface area contributed by atoms with E-state index in [9.17, 15) is 4.79 Å². The summed E-state index contributed by atoms with van der Waals surface area (Å²) >= 11 is 2.92. The summed E-state index contributed by atoms with van der Waals surface area (Å²) in [7, 11) is 0. The molecule has 0 unspecified atom stereocenters. The predicted octanol–water partition coefficient (Wildman–Crippen LogP) is 3.75. The third-order valence-corrected chi connectivity index (χ3v) is 4.10. The summed E-state index contributed by atoms with van der Waals surface area (Å²) in [5.41, 5.74) is 0. The Morgan fingerprint density at radius 3 is 2.56 bits per heavy atom. The van der Waals surface area contributed by atoms with Crippen molar-refractivity contribution in [1.29, 1.82) is 0 Å². The van der Waals surface area contributed by atoms with Gasteiger partial charge >= 0.3 is 5.97 Å². The van der Waals surface area contributed by atoms with Crippen molar-refractivity contribution in [2.75, 3.05) is 6.26 Å². The van der Waals surface area contributed by atoms with E-state index < -0.39 is 5.97 Å². The maximum absolute atomic E-state index is 10.7. The number of thioether (sulfide) groups is 1. The normalized spacial score (nSPS) is 10.3. The second-order valence-corrected chi connectivity index (χ2v) is 5.58. The summed E-state index contributed by atoms with van der Waals surface area (Å²) in [6.45, 7) is 0.399. The Balaban J connectivity index is 1.95. The van der Waals surface area contributed by atoms with E-state index in [4.69, 9.17) is 9.84 Å². The molecule has 0 radical (unpaired) electrons. The second-order valence-electron chi connectivity index (χ2n) is 3.54. The number of benzene rings is 1. The van der Waals surface area contributed by atoms with Crippen molar-refractivity contribution in [1.82, 2.24) is 0 Å². The number of aromatic carboxylic acids is 1. The Labute approximate surface area is 113 Å². The number of hydrogen-bond donors (Lipinski definition) is 1. The van der Waals surface area contributed by atoms with E-state index in [2.05, 4.69) is 0 Å². The number of rotatable bonds is 5. The van der Waals surface area contributed by atoms with Gasteiger partial charge in [-0.3, -0.25) is 0 Å². The topological polar surface area (TPSA) is 46.5 Å². The van der Waals surface area contributed by atoms with Crippen molar-refractivity contribution in [3.63, 3.8) is 0 Å². The van der Waals surface area contributed by atoms with Crippen LogP contribution in [0.15, 0.2) is 41.3 Å². The first-order chi connectivity index (χ1) is 8.69. The summed E-state index contributed by atoms with van der Waals surface area (Å²) in [6, 6.07) is 11.2. The van der Waals surface area contributed by atoms with Crippen molar-refractivity contribution >= 4 is 29.1 Å². The fourth-order valence-electron chi connectivity index (χ4n) is 1.40. The lowest BCUT2D eigenvalue weighted by Crippen LogP contribution is -1.92. The minimum absolute atomic E-state index is 0.339. The van der Waals surface area contributed by atoms with Crippen LogP contribution in [0.2, 0.25) is 0 Å². The first-order valence-electron chi connectivity index (χ1n) is 5.28. The quantitative estimate of drug-likeness (QED) is 0.847. The molecule has 2 rings (SSSR count). The fourth-order valence-corrected chi connectivity index (χ4v) is 2.56. The SMILES string of the molecule is CSc1ccc(OCc2ccc(C(=O)O)s2)cc1. The maximum atomic E-state index is 10.7. The number of thiophene rings is 1. The Hall–Kier alpha value is -1.46. The molecular weight excluding hydrogens is 268 g/mol. The van der Waals surface area contributed by atoms with Crippen molar-refractivity contribution in [2.24, 2.45) is 0 Å². The summed E-state index contributed by atoms with van der Waals surface area (Å²) in [5.74, 6) is -0.103. The smallest absolute Gasteiger partial charge is 0.345 e. The van der Waals surface area contributed by atoms with Crippen LogP contribution in [-0.4, -0.2) is 17.3 Å². The Morgan fingerprint density at radius 2 is 2.00 bits per heavy atom. The van der Waals surface area contributed by atoms with E-state index in [-0.39, 0.29) is 0 Å². The lowest BCUT2D eigenvalue weighted by molar-refractivity contribution is 0.0702. The van der Waals surface area contributed by atoms with Gasteiger partial charge in [-0.25, -0.2) is 4.79 Å². The van der Waals surface area contributed by atoms with Crippen molar-refractivity contribution < 1.29 is 14.6 Å². The van der Waals surface area contributed by atoms with Crippen LogP contribution in [-0.2, 0) is 6.61 Å². The number of carboxylic acids is 1. The van der Waals surface area contributed by atoms with Gasteiger partial charge in [0, 0.05) is 9.77 Å². The van der Waals surface area contributed by atoms with Gasteiger partial charge in [0.1, 0.15) is 17.2 Å². The molecule has 0 aliphatic rings. The fraction of sp³-hybridized carbons (Fsp3) is 0.154. The number of ether oxygens (including phenoxy) is 1. The molecule has 0 aliphatic heterocycles. The molecule has 18 heavy (non-hydrogen) atoms. The molecule has 1 aromatic heterocycles. The molecule has 2 aromatic rings. The van der Waals surface area contributed by atoms with Gasteiger partial charge < -0.3 is 9.84 Å². The summed E-state index contributed by atoms with van der Waals surface area (Å²) in [5, 5.41) is 8.81. The molecule has 0 spiro atoms. The van der Waals surface area contributed by atoms with E-state index in [1.54, 1.807) is 23.9 Å². The Kier molecular flexibility index (Phi) is 4.28. The zero-order chi connectivity index (χ0) is 13.0. The third-order valence-electron chi connectivity index (χ3n) is 2.31. The van der Waals surface area contributed by atoms with Gasteiger partial charge in [0.05, 0.1) is 0 Å². The van der Waals surface area contributed by atoms with Crippen LogP contribution >= 0.6 is 23.1 Å². The zero-order valence-electron chi connectivity index (χ0n) is 9.75. The van der Waals surface area contributed by atoms with E-state index in [1.165, 1.54) is 16.2 Å². The number of carbonyl (C=O) groups is 1. The lowest BCUT2D eigenvalue weighted by Gasteiger charge is -2.04. The molecule has 0 aliphatic carbocycles. The molecule has 3 nitrogen and oxygen atoms in total. The minimum Gasteiger partial charge on any atom is -0.488 e. The molecule has 0 atom stereocenters. The van der Waals surface area contributed by atoms with Gasteiger partial charge in [-0.2, -0.15) is 0 Å². The van der Waals surface area contributed by atoms with E-state index >= 15 is 0 Å².